The van der Waals surface area contributed by atoms with E-state index < -0.39 is 23.7 Å². The summed E-state index contributed by atoms with van der Waals surface area (Å²) >= 11 is 0. The Morgan fingerprint density at radius 2 is 1.80 bits per heavy atom. The van der Waals surface area contributed by atoms with E-state index >= 15 is 0 Å². The van der Waals surface area contributed by atoms with Gasteiger partial charge < -0.3 is 15.9 Å². The smallest absolute Gasteiger partial charge is 0.322 e. The monoisotopic (exact) mass is 213 g/mol. The van der Waals surface area contributed by atoms with E-state index in [9.17, 15) is 14.0 Å². The summed E-state index contributed by atoms with van der Waals surface area (Å²) in [5.41, 5.74) is 5.01. The fraction of sp³-hybridized carbons (Fsp3) is 0.111. The Morgan fingerprint density at radius 3 is 2.20 bits per heavy atom. The highest BCUT2D eigenvalue weighted by Gasteiger charge is 2.29. The summed E-state index contributed by atoms with van der Waals surface area (Å²) in [5, 5.41) is 17.3. The Morgan fingerprint density at radius 1 is 1.27 bits per heavy atom. The Balaban J connectivity index is 3.23. The molecule has 0 heterocycles. The molecule has 0 amide bonds. The number of carboxylic acid groups (broad SMARTS) is 2. The first kappa shape index (κ1) is 11.0. The molecule has 0 aliphatic rings. The molecule has 4 N–H and O–H groups in total. The molecule has 0 saturated heterocycles. The van der Waals surface area contributed by atoms with Crippen LogP contribution in [0.1, 0.15) is 11.5 Å². The molecule has 0 spiro atoms. The van der Waals surface area contributed by atoms with Gasteiger partial charge in [-0.15, -0.1) is 0 Å². The van der Waals surface area contributed by atoms with Crippen LogP contribution in [0.15, 0.2) is 18.2 Å². The van der Waals surface area contributed by atoms with E-state index in [4.69, 9.17) is 15.9 Å². The molecule has 0 unspecified atom stereocenters. The predicted molar refractivity (Wildman–Crippen MR) is 48.8 cm³/mol. The lowest BCUT2D eigenvalue weighted by molar-refractivity contribution is -0.150. The molecule has 1 aromatic rings. The van der Waals surface area contributed by atoms with Crippen molar-refractivity contribution in [2.24, 2.45) is 0 Å². The van der Waals surface area contributed by atoms with Gasteiger partial charge in [0, 0.05) is 11.3 Å². The van der Waals surface area contributed by atoms with Crippen molar-refractivity contribution in [2.75, 3.05) is 5.73 Å². The second-order valence-corrected chi connectivity index (χ2v) is 2.88. The summed E-state index contributed by atoms with van der Waals surface area (Å²) in [4.78, 5) is 21.3. The Labute approximate surface area is 83.9 Å². The van der Waals surface area contributed by atoms with Gasteiger partial charge in [0.15, 0.2) is 5.92 Å². The summed E-state index contributed by atoms with van der Waals surface area (Å²) in [5.74, 6) is -5.50. The van der Waals surface area contributed by atoms with Crippen LogP contribution in [0.25, 0.3) is 0 Å². The van der Waals surface area contributed by atoms with Crippen LogP contribution in [-0.4, -0.2) is 22.2 Å². The zero-order chi connectivity index (χ0) is 11.6. The van der Waals surface area contributed by atoms with Crippen LogP contribution < -0.4 is 5.73 Å². The van der Waals surface area contributed by atoms with Crippen LogP contribution in [-0.2, 0) is 9.59 Å². The van der Waals surface area contributed by atoms with Gasteiger partial charge in [0.1, 0.15) is 5.82 Å². The van der Waals surface area contributed by atoms with Crippen molar-refractivity contribution >= 4 is 17.6 Å². The standard InChI is InChI=1S/C9H8FNO4/c10-4-1-2-5(6(11)3-4)7(8(12)13)9(14)15/h1-3,7H,11H2,(H,12,13)(H,14,15). The van der Waals surface area contributed by atoms with Gasteiger partial charge in [-0.25, -0.2) is 4.39 Å². The van der Waals surface area contributed by atoms with Crippen molar-refractivity contribution < 1.29 is 24.2 Å². The minimum absolute atomic E-state index is 0.128. The van der Waals surface area contributed by atoms with Crippen molar-refractivity contribution in [1.29, 1.82) is 0 Å². The van der Waals surface area contributed by atoms with Crippen LogP contribution in [0.2, 0.25) is 0 Å². The molecule has 0 bridgehead atoms. The number of nitrogen functional groups attached to an aromatic ring is 1. The van der Waals surface area contributed by atoms with E-state index in [1.165, 1.54) is 0 Å². The molecule has 0 aliphatic heterocycles. The van der Waals surface area contributed by atoms with Gasteiger partial charge in [-0.1, -0.05) is 6.07 Å². The normalized spacial score (nSPS) is 10.3. The Bertz CT molecular complexity index is 405. The third-order valence-electron chi connectivity index (χ3n) is 1.85. The molecule has 5 nitrogen and oxygen atoms in total. The molecule has 1 rings (SSSR count). The summed E-state index contributed by atoms with van der Waals surface area (Å²) in [6.07, 6.45) is 0. The molecule has 6 heteroatoms. The zero-order valence-electron chi connectivity index (χ0n) is 7.48. The predicted octanol–water partition coefficient (Wildman–Crippen LogP) is 0.661. The van der Waals surface area contributed by atoms with E-state index in [-0.39, 0.29) is 11.3 Å². The quantitative estimate of drug-likeness (QED) is 0.505. The average molecular weight is 213 g/mol. The number of carboxylic acids is 2. The summed E-state index contributed by atoms with van der Waals surface area (Å²) in [6, 6.07) is 2.90. The van der Waals surface area contributed by atoms with E-state index in [0.29, 0.717) is 0 Å². The third kappa shape index (κ3) is 2.22. The zero-order valence-corrected chi connectivity index (χ0v) is 7.48. The van der Waals surface area contributed by atoms with Crippen LogP contribution in [0.5, 0.6) is 0 Å². The first-order valence-electron chi connectivity index (χ1n) is 3.94. The highest BCUT2D eigenvalue weighted by Crippen LogP contribution is 2.23. The van der Waals surface area contributed by atoms with Crippen molar-refractivity contribution in [3.05, 3.63) is 29.6 Å². The number of anilines is 1. The lowest BCUT2D eigenvalue weighted by Crippen LogP contribution is -2.22. The average Bonchev–Trinajstić information content (AvgIpc) is 2.08. The van der Waals surface area contributed by atoms with Crippen LogP contribution in [0.3, 0.4) is 0 Å². The molecular formula is C9H8FNO4. The Kier molecular flexibility index (Phi) is 2.89. The first-order chi connectivity index (χ1) is 6.93. The number of nitrogens with two attached hydrogens (primary N) is 1. The maximum atomic E-state index is 12.6. The molecule has 0 radical (unpaired) electrons. The molecule has 0 aromatic heterocycles. The molecular weight excluding hydrogens is 205 g/mol. The fourth-order valence-corrected chi connectivity index (χ4v) is 1.18. The van der Waals surface area contributed by atoms with Crippen LogP contribution >= 0.6 is 0 Å². The molecule has 0 fully saturated rings. The number of carbonyl (C=O) groups is 2. The molecule has 0 saturated carbocycles. The number of rotatable bonds is 3. The van der Waals surface area contributed by atoms with E-state index in [1.807, 2.05) is 0 Å². The Hall–Kier alpha value is -2.11. The van der Waals surface area contributed by atoms with Gasteiger partial charge in [-0.3, -0.25) is 9.59 Å². The molecule has 15 heavy (non-hydrogen) atoms. The molecule has 0 atom stereocenters. The van der Waals surface area contributed by atoms with E-state index in [1.54, 1.807) is 0 Å². The maximum absolute atomic E-state index is 12.6. The number of hydrogen-bond donors (Lipinski definition) is 3. The number of halogens is 1. The van der Waals surface area contributed by atoms with Gasteiger partial charge >= 0.3 is 11.9 Å². The molecule has 1 aromatic carbocycles. The summed E-state index contributed by atoms with van der Waals surface area (Å²) in [6.45, 7) is 0. The van der Waals surface area contributed by atoms with Crippen LogP contribution in [0.4, 0.5) is 10.1 Å². The lowest BCUT2D eigenvalue weighted by atomic mass is 9.98. The van der Waals surface area contributed by atoms with Crippen molar-refractivity contribution in [3.8, 4) is 0 Å². The number of benzene rings is 1. The van der Waals surface area contributed by atoms with Gasteiger partial charge in [-0.2, -0.15) is 0 Å². The fourth-order valence-electron chi connectivity index (χ4n) is 1.18. The minimum Gasteiger partial charge on any atom is -0.480 e. The first-order valence-corrected chi connectivity index (χ1v) is 3.94. The number of hydrogen-bond acceptors (Lipinski definition) is 3. The second kappa shape index (κ2) is 3.95. The topological polar surface area (TPSA) is 101 Å². The van der Waals surface area contributed by atoms with E-state index in [2.05, 4.69) is 0 Å². The van der Waals surface area contributed by atoms with Crippen molar-refractivity contribution in [3.63, 3.8) is 0 Å². The number of aliphatic carboxylic acids is 2. The lowest BCUT2D eigenvalue weighted by Gasteiger charge is -2.10. The van der Waals surface area contributed by atoms with Crippen molar-refractivity contribution in [2.45, 2.75) is 5.92 Å². The maximum Gasteiger partial charge on any atom is 0.322 e. The highest BCUT2D eigenvalue weighted by atomic mass is 19.1. The van der Waals surface area contributed by atoms with Gasteiger partial charge in [-0.05, 0) is 12.1 Å². The molecule has 0 aliphatic carbocycles. The third-order valence-corrected chi connectivity index (χ3v) is 1.85. The van der Waals surface area contributed by atoms with Gasteiger partial charge in [0.2, 0.25) is 0 Å². The van der Waals surface area contributed by atoms with E-state index in [0.717, 1.165) is 18.2 Å². The minimum atomic E-state index is -1.77. The summed E-state index contributed by atoms with van der Waals surface area (Å²) in [7, 11) is 0. The van der Waals surface area contributed by atoms with Gasteiger partial charge in [0.05, 0.1) is 0 Å². The summed E-state index contributed by atoms with van der Waals surface area (Å²) < 4.78 is 12.6. The van der Waals surface area contributed by atoms with Crippen LogP contribution in [0, 0.1) is 5.82 Å². The highest BCUT2D eigenvalue weighted by molar-refractivity contribution is 6.00. The van der Waals surface area contributed by atoms with Crippen molar-refractivity contribution in [1.82, 2.24) is 0 Å². The van der Waals surface area contributed by atoms with Gasteiger partial charge in [0.25, 0.3) is 0 Å². The molecule has 80 valence electrons. The second-order valence-electron chi connectivity index (χ2n) is 2.88. The SMILES string of the molecule is Nc1cc(F)ccc1C(C(=O)O)C(=O)O. The largest absolute Gasteiger partial charge is 0.480 e.